The van der Waals surface area contributed by atoms with Crippen molar-refractivity contribution in [2.45, 2.75) is 63.6 Å². The Morgan fingerprint density at radius 3 is 2.52 bits per heavy atom. The average molecular weight is 480 g/mol. The number of rotatable bonds is 6. The zero-order chi connectivity index (χ0) is 24.3. The van der Waals surface area contributed by atoms with E-state index in [-0.39, 0.29) is 30.4 Å². The maximum absolute atomic E-state index is 13.0. The molecule has 182 valence electrons. The summed E-state index contributed by atoms with van der Waals surface area (Å²) in [5.74, 6) is -0.622. The maximum atomic E-state index is 13.0. The Morgan fingerprint density at radius 1 is 1.24 bits per heavy atom. The third-order valence-electron chi connectivity index (χ3n) is 5.72. The molecule has 2 saturated heterocycles. The smallest absolute Gasteiger partial charge is 0.415 e. The standard InChI is InChI=1S/C23H33N3O6S/c1-14-17(7-6-16(24)20(14)33-5)26-12-18(31-22(26)29)21(28)25-10-8-15(9-11-25)30-13-19(27)32-23(2,3)4/h6-7,15,18,20,24H,8-13H2,1-5H3. The molecule has 33 heavy (non-hydrogen) atoms. The van der Waals surface area contributed by atoms with Crippen LogP contribution in [0.1, 0.15) is 40.5 Å². The minimum absolute atomic E-state index is 0.110. The van der Waals surface area contributed by atoms with Crippen molar-refractivity contribution in [1.29, 1.82) is 5.41 Å². The van der Waals surface area contributed by atoms with Crippen LogP contribution in [0.2, 0.25) is 0 Å². The molecule has 0 radical (unpaired) electrons. The van der Waals surface area contributed by atoms with E-state index in [9.17, 15) is 14.4 Å². The molecule has 1 N–H and O–H groups in total. The number of esters is 1. The van der Waals surface area contributed by atoms with E-state index in [1.165, 1.54) is 16.7 Å². The number of hydrogen-bond donors (Lipinski definition) is 1. The molecule has 3 aliphatic rings. The van der Waals surface area contributed by atoms with E-state index in [1.54, 1.807) is 37.8 Å². The molecular weight excluding hydrogens is 446 g/mol. The number of allylic oxidation sites excluding steroid dienone is 2. The van der Waals surface area contributed by atoms with Gasteiger partial charge < -0.3 is 24.5 Å². The number of likely N-dealkylation sites (tertiary alicyclic amines) is 1. The monoisotopic (exact) mass is 479 g/mol. The highest BCUT2D eigenvalue weighted by atomic mass is 32.2. The minimum Gasteiger partial charge on any atom is -0.458 e. The first-order chi connectivity index (χ1) is 15.5. The summed E-state index contributed by atoms with van der Waals surface area (Å²) in [4.78, 5) is 40.5. The fraction of sp³-hybridized carbons (Fsp3) is 0.652. The van der Waals surface area contributed by atoms with Crippen LogP contribution in [-0.2, 0) is 23.8 Å². The van der Waals surface area contributed by atoms with Crippen molar-refractivity contribution in [2.75, 3.05) is 32.5 Å². The van der Waals surface area contributed by atoms with Crippen LogP contribution < -0.4 is 0 Å². The van der Waals surface area contributed by atoms with Gasteiger partial charge in [-0.25, -0.2) is 9.59 Å². The maximum Gasteiger partial charge on any atom is 0.415 e. The van der Waals surface area contributed by atoms with Gasteiger partial charge >= 0.3 is 12.1 Å². The molecule has 10 heteroatoms. The number of hydrogen-bond acceptors (Lipinski definition) is 8. The molecule has 0 aromatic rings. The van der Waals surface area contributed by atoms with E-state index in [1.807, 2.05) is 13.2 Å². The molecular formula is C23H33N3O6S. The Kier molecular flexibility index (Phi) is 7.89. The van der Waals surface area contributed by atoms with Crippen LogP contribution in [-0.4, -0.2) is 89.0 Å². The number of amides is 2. The summed E-state index contributed by atoms with van der Waals surface area (Å²) in [7, 11) is 0. The Bertz CT molecular complexity index is 870. The summed E-state index contributed by atoms with van der Waals surface area (Å²) in [6.45, 7) is 8.30. The highest BCUT2D eigenvalue weighted by Crippen LogP contribution is 2.31. The van der Waals surface area contributed by atoms with Crippen LogP contribution in [0.3, 0.4) is 0 Å². The number of thioether (sulfide) groups is 1. The molecule has 0 aromatic carbocycles. The zero-order valence-corrected chi connectivity index (χ0v) is 20.7. The fourth-order valence-corrected chi connectivity index (χ4v) is 4.96. The van der Waals surface area contributed by atoms with Gasteiger partial charge in [-0.1, -0.05) is 0 Å². The van der Waals surface area contributed by atoms with Gasteiger partial charge in [0.05, 0.1) is 17.9 Å². The van der Waals surface area contributed by atoms with Crippen molar-refractivity contribution in [3.8, 4) is 0 Å². The van der Waals surface area contributed by atoms with Gasteiger partial charge in [-0.3, -0.25) is 9.69 Å². The predicted octanol–water partition coefficient (Wildman–Crippen LogP) is 2.75. The number of carbonyl (C=O) groups excluding carboxylic acids is 3. The first kappa shape index (κ1) is 25.3. The van der Waals surface area contributed by atoms with Crippen LogP contribution in [0.15, 0.2) is 23.4 Å². The Labute approximate surface area is 199 Å². The van der Waals surface area contributed by atoms with Crippen LogP contribution in [0.25, 0.3) is 0 Å². The molecule has 2 fully saturated rings. The summed E-state index contributed by atoms with van der Waals surface area (Å²) in [5.41, 5.74) is 1.53. The van der Waals surface area contributed by atoms with E-state index in [0.717, 1.165) is 5.57 Å². The SMILES string of the molecule is CSC1C(=N)C=CC(N2CC(C(=O)N3CCC(OCC(=O)OC(C)(C)C)CC3)OC2=O)=C1C. The number of nitrogens with one attached hydrogen (secondary N) is 1. The summed E-state index contributed by atoms with van der Waals surface area (Å²) >= 11 is 1.54. The lowest BCUT2D eigenvalue weighted by atomic mass is 10.0. The first-order valence-corrected chi connectivity index (χ1v) is 12.4. The molecule has 2 heterocycles. The van der Waals surface area contributed by atoms with Crippen molar-refractivity contribution in [2.24, 2.45) is 0 Å². The topological polar surface area (TPSA) is 109 Å². The molecule has 0 bridgehead atoms. The molecule has 2 atom stereocenters. The second kappa shape index (κ2) is 10.3. The molecule has 0 saturated carbocycles. The molecule has 1 aliphatic carbocycles. The van der Waals surface area contributed by atoms with E-state index in [0.29, 0.717) is 37.3 Å². The molecule has 2 amide bonds. The molecule has 3 rings (SSSR count). The Balaban J connectivity index is 1.51. The molecule has 0 spiro atoms. The van der Waals surface area contributed by atoms with Crippen molar-refractivity contribution in [3.05, 3.63) is 23.4 Å². The van der Waals surface area contributed by atoms with E-state index < -0.39 is 23.8 Å². The van der Waals surface area contributed by atoms with E-state index >= 15 is 0 Å². The van der Waals surface area contributed by atoms with Gasteiger partial charge in [0.25, 0.3) is 5.91 Å². The third kappa shape index (κ3) is 6.17. The van der Waals surface area contributed by atoms with Crippen LogP contribution >= 0.6 is 11.8 Å². The highest BCUT2D eigenvalue weighted by Gasteiger charge is 2.41. The number of piperidine rings is 1. The van der Waals surface area contributed by atoms with Gasteiger partial charge in [0, 0.05) is 24.5 Å². The van der Waals surface area contributed by atoms with Gasteiger partial charge in [-0.2, -0.15) is 11.8 Å². The van der Waals surface area contributed by atoms with Crippen molar-refractivity contribution < 1.29 is 28.6 Å². The highest BCUT2D eigenvalue weighted by molar-refractivity contribution is 8.00. The number of carbonyl (C=O) groups is 3. The van der Waals surface area contributed by atoms with Gasteiger partial charge in [0.1, 0.15) is 12.2 Å². The lowest BCUT2D eigenvalue weighted by Gasteiger charge is -2.33. The second-order valence-corrected chi connectivity index (χ2v) is 10.3. The largest absolute Gasteiger partial charge is 0.458 e. The average Bonchev–Trinajstić information content (AvgIpc) is 3.12. The summed E-state index contributed by atoms with van der Waals surface area (Å²) in [5, 5.41) is 7.95. The van der Waals surface area contributed by atoms with Gasteiger partial charge in [-0.05, 0) is 64.5 Å². The fourth-order valence-electron chi connectivity index (χ4n) is 4.15. The van der Waals surface area contributed by atoms with Crippen molar-refractivity contribution in [3.63, 3.8) is 0 Å². The lowest BCUT2D eigenvalue weighted by Crippen LogP contribution is -2.46. The number of nitrogens with zero attached hydrogens (tertiary/aromatic N) is 2. The summed E-state index contributed by atoms with van der Waals surface area (Å²) in [6.07, 6.45) is 5.03. The first-order valence-electron chi connectivity index (χ1n) is 11.1. The quantitative estimate of drug-likeness (QED) is 0.584. The molecule has 2 unspecified atom stereocenters. The van der Waals surface area contributed by atoms with E-state index in [2.05, 4.69) is 0 Å². The summed E-state index contributed by atoms with van der Waals surface area (Å²) in [6, 6.07) is 0. The van der Waals surface area contributed by atoms with Crippen LogP contribution in [0.5, 0.6) is 0 Å². The van der Waals surface area contributed by atoms with Crippen molar-refractivity contribution >= 4 is 35.4 Å². The third-order valence-corrected chi connectivity index (χ3v) is 6.80. The van der Waals surface area contributed by atoms with Crippen LogP contribution in [0.4, 0.5) is 4.79 Å². The lowest BCUT2D eigenvalue weighted by molar-refractivity contribution is -0.163. The molecule has 0 aromatic heterocycles. The van der Waals surface area contributed by atoms with E-state index in [4.69, 9.17) is 19.6 Å². The molecule has 2 aliphatic heterocycles. The summed E-state index contributed by atoms with van der Waals surface area (Å²) < 4.78 is 16.3. The van der Waals surface area contributed by atoms with Gasteiger partial charge in [0.2, 0.25) is 0 Å². The Hall–Kier alpha value is -2.33. The van der Waals surface area contributed by atoms with Gasteiger partial charge in [0.15, 0.2) is 6.10 Å². The zero-order valence-electron chi connectivity index (χ0n) is 19.9. The van der Waals surface area contributed by atoms with Gasteiger partial charge in [-0.15, -0.1) is 0 Å². The number of ether oxygens (including phenoxy) is 3. The van der Waals surface area contributed by atoms with Crippen molar-refractivity contribution in [1.82, 2.24) is 9.80 Å². The Morgan fingerprint density at radius 2 is 1.91 bits per heavy atom. The van der Waals surface area contributed by atoms with Crippen LogP contribution in [0, 0.1) is 5.41 Å². The molecule has 9 nitrogen and oxygen atoms in total. The second-order valence-electron chi connectivity index (χ2n) is 9.38. The number of cyclic esters (lactones) is 1. The predicted molar refractivity (Wildman–Crippen MR) is 125 cm³/mol. The minimum atomic E-state index is -0.862. The normalized spacial score (nSPS) is 24.4.